The zero-order valence-corrected chi connectivity index (χ0v) is 9.82. The molecule has 1 fully saturated rings. The molecular formula is C12H18N2O2. The molecule has 1 saturated heterocycles. The molecule has 1 aromatic heterocycles. The fraction of sp³-hybridized carbons (Fsp3) is 0.583. The van der Waals surface area contributed by atoms with Gasteiger partial charge in [0.2, 0.25) is 0 Å². The average Bonchev–Trinajstić information content (AvgIpc) is 2.85. The molecule has 88 valence electrons. The van der Waals surface area contributed by atoms with Gasteiger partial charge in [-0.3, -0.25) is 4.79 Å². The Morgan fingerprint density at radius 1 is 1.69 bits per heavy atom. The van der Waals surface area contributed by atoms with Crippen LogP contribution in [-0.2, 0) is 0 Å². The third-order valence-corrected chi connectivity index (χ3v) is 3.39. The molecule has 2 rings (SSSR count). The van der Waals surface area contributed by atoms with E-state index in [1.54, 1.807) is 6.26 Å². The molecule has 1 aliphatic heterocycles. The van der Waals surface area contributed by atoms with Gasteiger partial charge in [-0.15, -0.1) is 0 Å². The molecule has 2 heterocycles. The summed E-state index contributed by atoms with van der Waals surface area (Å²) in [5.74, 6) is 0.445. The van der Waals surface area contributed by atoms with Crippen LogP contribution in [0.1, 0.15) is 29.5 Å². The normalized spacial score (nSPS) is 25.1. The Labute approximate surface area is 95.4 Å². The summed E-state index contributed by atoms with van der Waals surface area (Å²) in [5.41, 5.74) is 6.68. The number of hydrogen-bond acceptors (Lipinski definition) is 3. The van der Waals surface area contributed by atoms with Gasteiger partial charge in [-0.1, -0.05) is 6.92 Å². The summed E-state index contributed by atoms with van der Waals surface area (Å²) in [7, 11) is 0. The van der Waals surface area contributed by atoms with Crippen LogP contribution in [0.3, 0.4) is 0 Å². The SMILES string of the molecule is Cc1ccoc1C(=O)N1CCC(C)(CN)C1. The van der Waals surface area contributed by atoms with Crippen molar-refractivity contribution >= 4 is 5.91 Å². The smallest absolute Gasteiger partial charge is 0.289 e. The molecule has 0 spiro atoms. The molecule has 1 atom stereocenters. The van der Waals surface area contributed by atoms with E-state index >= 15 is 0 Å². The molecule has 1 aliphatic rings. The third-order valence-electron chi connectivity index (χ3n) is 3.39. The minimum absolute atomic E-state index is 0.0142. The Hall–Kier alpha value is -1.29. The van der Waals surface area contributed by atoms with E-state index in [2.05, 4.69) is 6.92 Å². The highest BCUT2D eigenvalue weighted by Crippen LogP contribution is 2.29. The van der Waals surface area contributed by atoms with Gasteiger partial charge in [-0.2, -0.15) is 0 Å². The van der Waals surface area contributed by atoms with Crippen LogP contribution in [-0.4, -0.2) is 30.4 Å². The average molecular weight is 222 g/mol. The standard InChI is InChI=1S/C12H18N2O2/c1-9-3-6-16-10(9)11(15)14-5-4-12(2,7-13)8-14/h3,6H,4-5,7-8,13H2,1-2H3. The van der Waals surface area contributed by atoms with Crippen molar-refractivity contribution in [2.45, 2.75) is 20.3 Å². The van der Waals surface area contributed by atoms with E-state index in [1.807, 2.05) is 17.9 Å². The minimum atomic E-state index is -0.0142. The lowest BCUT2D eigenvalue weighted by Gasteiger charge is -2.22. The van der Waals surface area contributed by atoms with Crippen LogP contribution >= 0.6 is 0 Å². The molecule has 0 saturated carbocycles. The molecule has 4 heteroatoms. The molecule has 4 nitrogen and oxygen atoms in total. The summed E-state index contributed by atoms with van der Waals surface area (Å²) in [6.45, 7) is 6.12. The van der Waals surface area contributed by atoms with Gasteiger partial charge in [0.1, 0.15) is 0 Å². The van der Waals surface area contributed by atoms with E-state index in [4.69, 9.17) is 10.2 Å². The predicted molar refractivity (Wildman–Crippen MR) is 61.1 cm³/mol. The van der Waals surface area contributed by atoms with E-state index in [9.17, 15) is 4.79 Å². The summed E-state index contributed by atoms with van der Waals surface area (Å²) in [4.78, 5) is 14.0. The lowest BCUT2D eigenvalue weighted by molar-refractivity contribution is 0.0744. The van der Waals surface area contributed by atoms with Crippen LogP contribution in [0, 0.1) is 12.3 Å². The maximum absolute atomic E-state index is 12.1. The van der Waals surface area contributed by atoms with Crippen LogP contribution < -0.4 is 5.73 Å². The zero-order valence-electron chi connectivity index (χ0n) is 9.82. The molecule has 1 unspecified atom stereocenters. The van der Waals surface area contributed by atoms with Gasteiger partial charge in [-0.05, 0) is 31.4 Å². The summed E-state index contributed by atoms with van der Waals surface area (Å²) >= 11 is 0. The Morgan fingerprint density at radius 3 is 2.94 bits per heavy atom. The third kappa shape index (κ3) is 1.85. The Morgan fingerprint density at radius 2 is 2.44 bits per heavy atom. The number of likely N-dealkylation sites (tertiary alicyclic amines) is 1. The number of hydrogen-bond donors (Lipinski definition) is 1. The number of amides is 1. The molecule has 0 aromatic carbocycles. The number of nitrogens with zero attached hydrogens (tertiary/aromatic N) is 1. The van der Waals surface area contributed by atoms with E-state index in [1.165, 1.54) is 0 Å². The van der Waals surface area contributed by atoms with Crippen molar-refractivity contribution in [2.24, 2.45) is 11.1 Å². The highest BCUT2D eigenvalue weighted by molar-refractivity contribution is 5.93. The number of rotatable bonds is 2. The molecule has 0 aliphatic carbocycles. The van der Waals surface area contributed by atoms with Crippen LogP contribution in [0.5, 0.6) is 0 Å². The zero-order chi connectivity index (χ0) is 11.8. The lowest BCUT2D eigenvalue weighted by atomic mass is 9.90. The van der Waals surface area contributed by atoms with Crippen molar-refractivity contribution in [1.82, 2.24) is 4.90 Å². The largest absolute Gasteiger partial charge is 0.459 e. The quantitative estimate of drug-likeness (QED) is 0.822. The highest BCUT2D eigenvalue weighted by atomic mass is 16.3. The van der Waals surface area contributed by atoms with Crippen molar-refractivity contribution in [3.05, 3.63) is 23.7 Å². The van der Waals surface area contributed by atoms with Crippen LogP contribution in [0.25, 0.3) is 0 Å². The second-order valence-electron chi connectivity index (χ2n) is 4.92. The van der Waals surface area contributed by atoms with Crippen molar-refractivity contribution in [3.63, 3.8) is 0 Å². The van der Waals surface area contributed by atoms with Gasteiger partial charge < -0.3 is 15.1 Å². The van der Waals surface area contributed by atoms with Gasteiger partial charge in [0.25, 0.3) is 5.91 Å². The van der Waals surface area contributed by atoms with E-state index in [0.29, 0.717) is 12.3 Å². The molecule has 2 N–H and O–H groups in total. The first-order valence-electron chi connectivity index (χ1n) is 5.59. The first-order chi connectivity index (χ1) is 7.56. The van der Waals surface area contributed by atoms with Gasteiger partial charge in [0, 0.05) is 18.7 Å². The topological polar surface area (TPSA) is 59.5 Å². The molecule has 16 heavy (non-hydrogen) atoms. The Kier molecular flexibility index (Phi) is 2.76. The Balaban J connectivity index is 2.11. The number of aryl methyl sites for hydroxylation is 1. The molecular weight excluding hydrogens is 204 g/mol. The summed E-state index contributed by atoms with van der Waals surface area (Å²) in [6.07, 6.45) is 2.52. The molecule has 1 aromatic rings. The molecule has 0 radical (unpaired) electrons. The molecule has 0 bridgehead atoms. The lowest BCUT2D eigenvalue weighted by Crippen LogP contribution is -2.34. The monoisotopic (exact) mass is 222 g/mol. The van der Waals surface area contributed by atoms with Crippen molar-refractivity contribution in [3.8, 4) is 0 Å². The maximum atomic E-state index is 12.1. The fourth-order valence-corrected chi connectivity index (χ4v) is 2.10. The first kappa shape index (κ1) is 11.2. The highest BCUT2D eigenvalue weighted by Gasteiger charge is 2.36. The fourth-order valence-electron chi connectivity index (χ4n) is 2.10. The predicted octanol–water partition coefficient (Wildman–Crippen LogP) is 1.40. The summed E-state index contributed by atoms with van der Waals surface area (Å²) in [5, 5.41) is 0. The van der Waals surface area contributed by atoms with E-state index in [-0.39, 0.29) is 11.3 Å². The second-order valence-corrected chi connectivity index (χ2v) is 4.92. The van der Waals surface area contributed by atoms with Gasteiger partial charge in [0.05, 0.1) is 6.26 Å². The van der Waals surface area contributed by atoms with Crippen LogP contribution in [0.2, 0.25) is 0 Å². The van der Waals surface area contributed by atoms with E-state index < -0.39 is 0 Å². The minimum Gasteiger partial charge on any atom is -0.459 e. The number of carbonyl (C=O) groups is 1. The molecule has 1 amide bonds. The number of nitrogens with two attached hydrogens (primary N) is 1. The first-order valence-corrected chi connectivity index (χ1v) is 5.59. The second kappa shape index (κ2) is 3.94. The van der Waals surface area contributed by atoms with Crippen LogP contribution in [0.4, 0.5) is 0 Å². The van der Waals surface area contributed by atoms with Gasteiger partial charge >= 0.3 is 0 Å². The van der Waals surface area contributed by atoms with Crippen LogP contribution in [0.15, 0.2) is 16.7 Å². The van der Waals surface area contributed by atoms with Gasteiger partial charge in [0.15, 0.2) is 5.76 Å². The van der Waals surface area contributed by atoms with Crippen molar-refractivity contribution in [2.75, 3.05) is 19.6 Å². The number of carbonyl (C=O) groups excluding carboxylic acids is 1. The Bertz CT molecular complexity index is 399. The summed E-state index contributed by atoms with van der Waals surface area (Å²) < 4.78 is 5.22. The maximum Gasteiger partial charge on any atom is 0.289 e. The van der Waals surface area contributed by atoms with E-state index in [0.717, 1.165) is 25.1 Å². The van der Waals surface area contributed by atoms with Crippen molar-refractivity contribution < 1.29 is 9.21 Å². The number of furan rings is 1. The summed E-state index contributed by atoms with van der Waals surface area (Å²) in [6, 6.07) is 1.81. The van der Waals surface area contributed by atoms with Crippen molar-refractivity contribution in [1.29, 1.82) is 0 Å². The van der Waals surface area contributed by atoms with Gasteiger partial charge in [-0.25, -0.2) is 0 Å².